The summed E-state index contributed by atoms with van der Waals surface area (Å²) in [6, 6.07) is 26.3. The van der Waals surface area contributed by atoms with Crippen LogP contribution < -0.4 is 0 Å². The number of rotatable bonds is 5. The van der Waals surface area contributed by atoms with Crippen molar-refractivity contribution in [1.82, 2.24) is 0 Å². The van der Waals surface area contributed by atoms with Crippen LogP contribution in [0.4, 0.5) is 0 Å². The molecule has 34 heavy (non-hydrogen) atoms. The van der Waals surface area contributed by atoms with E-state index in [4.69, 9.17) is 17.0 Å². The van der Waals surface area contributed by atoms with Crippen LogP contribution in [-0.2, 0) is 15.6 Å². The summed E-state index contributed by atoms with van der Waals surface area (Å²) >= 11 is -4.56. The van der Waals surface area contributed by atoms with Crippen LogP contribution in [0.3, 0.4) is 0 Å². The van der Waals surface area contributed by atoms with Crippen molar-refractivity contribution in [2.75, 3.05) is 0 Å². The van der Waals surface area contributed by atoms with Crippen LogP contribution in [0, 0.1) is 5.92 Å². The zero-order chi connectivity index (χ0) is 24.3. The van der Waals surface area contributed by atoms with Crippen LogP contribution in [-0.4, -0.2) is 5.92 Å². The Morgan fingerprint density at radius 3 is 2.09 bits per heavy atom. The van der Waals surface area contributed by atoms with Crippen molar-refractivity contribution < 1.29 is 15.6 Å². The standard InChI is InChI=1S/C16H13.C12H13.C2H7Si.2ClH.Zr/c1-12-10-14-8-5-9-15(16(14)11-12)13-6-3-2-4-7-13;1-9(2)12-7-10-5-3-4-6-11(10)8-12;1-3-2;;;/h2-11H,1H3;3-9H,1-2H3;3H,1-2H3;2*1H;/q;;;;;+2/p-2. The second kappa shape index (κ2) is 8.74. The summed E-state index contributed by atoms with van der Waals surface area (Å²) < 4.78 is 0.320. The Labute approximate surface area is 213 Å². The first-order valence-corrected chi connectivity index (χ1v) is 28.7. The number of benzene rings is 3. The predicted molar refractivity (Wildman–Crippen MR) is 151 cm³/mol. The fraction of sp³-hybridized carbons (Fsp3) is 0.267. The van der Waals surface area contributed by atoms with Crippen LogP contribution in [0.1, 0.15) is 50.3 Å². The quantitative estimate of drug-likeness (QED) is 0.262. The van der Waals surface area contributed by atoms with Crippen molar-refractivity contribution in [2.45, 2.75) is 41.1 Å². The second-order valence-electron chi connectivity index (χ2n) is 10.7. The van der Waals surface area contributed by atoms with E-state index in [0.29, 0.717) is 5.92 Å². The Bertz CT molecular complexity index is 1320. The third-order valence-corrected chi connectivity index (χ3v) is 60.2. The molecule has 2 unspecified atom stereocenters. The van der Waals surface area contributed by atoms with Gasteiger partial charge in [0.15, 0.2) is 0 Å². The van der Waals surface area contributed by atoms with E-state index in [0.717, 1.165) is 0 Å². The topological polar surface area (TPSA) is 0 Å². The number of fused-ring (bicyclic) bond motifs is 2. The molecule has 4 heteroatoms. The van der Waals surface area contributed by atoms with Gasteiger partial charge in [0.25, 0.3) is 0 Å². The normalized spacial score (nSPS) is 20.6. The molecule has 0 nitrogen and oxygen atoms in total. The van der Waals surface area contributed by atoms with Crippen LogP contribution in [0.5, 0.6) is 0 Å². The Hall–Kier alpha value is -1.18. The fourth-order valence-electron chi connectivity index (χ4n) is 6.45. The van der Waals surface area contributed by atoms with Gasteiger partial charge in [-0.2, -0.15) is 0 Å². The predicted octanol–water partition coefficient (Wildman–Crippen LogP) is 9.59. The van der Waals surface area contributed by atoms with Gasteiger partial charge in [-0.1, -0.05) is 0 Å². The molecule has 0 aliphatic heterocycles. The first kappa shape index (κ1) is 24.5. The molecular weight excluding hydrogens is 551 g/mol. The van der Waals surface area contributed by atoms with Crippen molar-refractivity contribution in [3.63, 3.8) is 0 Å². The summed E-state index contributed by atoms with van der Waals surface area (Å²) in [5, 5.41) is 0. The molecule has 0 radical (unpaired) electrons. The first-order chi connectivity index (χ1) is 16.1. The molecule has 0 saturated heterocycles. The molecule has 2 atom stereocenters. The van der Waals surface area contributed by atoms with Crippen LogP contribution >= 0.6 is 17.0 Å². The van der Waals surface area contributed by atoms with Crippen molar-refractivity contribution >= 4 is 35.1 Å². The van der Waals surface area contributed by atoms with Gasteiger partial charge in [-0.25, -0.2) is 0 Å². The molecule has 0 spiro atoms. The molecule has 175 valence electrons. The van der Waals surface area contributed by atoms with Gasteiger partial charge in [-0.05, 0) is 0 Å². The monoisotopic (exact) mass is 581 g/mol. The number of halogens is 2. The van der Waals surface area contributed by atoms with E-state index in [1.54, 1.807) is 0 Å². The van der Waals surface area contributed by atoms with Crippen molar-refractivity contribution in [3.8, 4) is 11.1 Å². The number of hydrogen-bond acceptors (Lipinski definition) is 0. The summed E-state index contributed by atoms with van der Waals surface area (Å²) in [4.78, 5) is 0. The van der Waals surface area contributed by atoms with E-state index in [-0.39, 0.29) is 7.25 Å². The van der Waals surface area contributed by atoms with Gasteiger partial charge in [0, 0.05) is 0 Å². The minimum absolute atomic E-state index is 0.147. The Morgan fingerprint density at radius 1 is 0.765 bits per heavy atom. The van der Waals surface area contributed by atoms with Crippen LogP contribution in [0.25, 0.3) is 23.3 Å². The van der Waals surface area contributed by atoms with Crippen molar-refractivity contribution in [1.29, 1.82) is 0 Å². The molecule has 2 aliphatic rings. The number of hydrogen-bond donors (Lipinski definition) is 0. The molecule has 0 aromatic heterocycles. The van der Waals surface area contributed by atoms with Crippen LogP contribution in [0.15, 0.2) is 83.9 Å². The Kier molecular flexibility index (Phi) is 6.30. The fourth-order valence-corrected chi connectivity index (χ4v) is 38.7. The minimum atomic E-state index is -4.56. The average Bonchev–Trinajstić information content (AvgIpc) is 3.38. The maximum absolute atomic E-state index is 8.28. The molecule has 5 rings (SSSR count). The molecule has 3 aromatic carbocycles. The van der Waals surface area contributed by atoms with E-state index < -0.39 is 21.5 Å². The summed E-state index contributed by atoms with van der Waals surface area (Å²) in [5.74, 6) is -1.07. The van der Waals surface area contributed by atoms with E-state index in [1.165, 1.54) is 44.5 Å². The Morgan fingerprint density at radius 2 is 1.41 bits per heavy atom. The molecule has 0 bridgehead atoms. The zero-order valence-corrected chi connectivity index (χ0v) is 25.8. The molecule has 0 amide bonds. The second-order valence-corrected chi connectivity index (χ2v) is 53.2. The Balaban J connectivity index is 1.76. The van der Waals surface area contributed by atoms with Gasteiger partial charge < -0.3 is 0 Å². The number of allylic oxidation sites excluding steroid dienone is 2. The van der Waals surface area contributed by atoms with E-state index in [9.17, 15) is 0 Å². The molecule has 0 saturated carbocycles. The SMILES string of the molecule is CC1=Cc2c(-c3ccccc3)cccc2[CH]1[Zr]([Cl])([Cl])([CH]1C(C(C)C)=Cc2ccccc21)[SiH](C)C. The van der Waals surface area contributed by atoms with Gasteiger partial charge in [-0.3, -0.25) is 0 Å². The van der Waals surface area contributed by atoms with Gasteiger partial charge in [0.1, 0.15) is 0 Å². The summed E-state index contributed by atoms with van der Waals surface area (Å²) in [7, 11) is 16.6. The van der Waals surface area contributed by atoms with E-state index in [2.05, 4.69) is 119 Å². The first-order valence-electron chi connectivity index (χ1n) is 12.4. The molecule has 3 aromatic rings. The van der Waals surface area contributed by atoms with Crippen molar-refractivity contribution in [2.24, 2.45) is 5.92 Å². The maximum atomic E-state index is 8.28. The van der Waals surface area contributed by atoms with Gasteiger partial charge in [0.2, 0.25) is 0 Å². The van der Waals surface area contributed by atoms with E-state index >= 15 is 0 Å². The molecule has 0 fully saturated rings. The van der Waals surface area contributed by atoms with E-state index in [1.807, 2.05) is 0 Å². The van der Waals surface area contributed by atoms with Crippen LogP contribution in [0.2, 0.25) is 13.1 Å². The molecule has 2 aliphatic carbocycles. The summed E-state index contributed by atoms with van der Waals surface area (Å²) in [5.41, 5.74) is 10.7. The molecule has 0 heterocycles. The van der Waals surface area contributed by atoms with Gasteiger partial charge >= 0.3 is 215 Å². The molecular formula is C30H33Cl2SiZr. The summed E-state index contributed by atoms with van der Waals surface area (Å²) in [6.07, 6.45) is 4.78. The third kappa shape index (κ3) is 3.55. The van der Waals surface area contributed by atoms with Gasteiger partial charge in [0.05, 0.1) is 0 Å². The summed E-state index contributed by atoms with van der Waals surface area (Å²) in [6.45, 7) is 11.7. The van der Waals surface area contributed by atoms with Crippen molar-refractivity contribution in [3.05, 3.63) is 106 Å². The molecule has 0 N–H and O–H groups in total. The average molecular weight is 584 g/mol. The third-order valence-electron chi connectivity index (χ3n) is 8.20. The van der Waals surface area contributed by atoms with Gasteiger partial charge in [-0.15, -0.1) is 0 Å². The zero-order valence-electron chi connectivity index (χ0n) is 20.6.